The third-order valence-corrected chi connectivity index (χ3v) is 3.98. The first-order valence-electron chi connectivity index (χ1n) is 7.73. The summed E-state index contributed by atoms with van der Waals surface area (Å²) in [6.45, 7) is 8.28. The van der Waals surface area contributed by atoms with Crippen molar-refractivity contribution in [3.05, 3.63) is 0 Å². The Labute approximate surface area is 116 Å². The van der Waals surface area contributed by atoms with Crippen molar-refractivity contribution >= 4 is 11.8 Å². The number of hydrogen-bond acceptors (Lipinski definition) is 2. The fourth-order valence-corrected chi connectivity index (χ4v) is 2.93. The van der Waals surface area contributed by atoms with Gasteiger partial charge in [0.25, 0.3) is 0 Å². The van der Waals surface area contributed by atoms with Gasteiger partial charge in [-0.25, -0.2) is 0 Å². The van der Waals surface area contributed by atoms with Crippen LogP contribution in [0.25, 0.3) is 0 Å². The summed E-state index contributed by atoms with van der Waals surface area (Å²) in [4.78, 5) is 26.8. The van der Waals surface area contributed by atoms with Gasteiger partial charge in [-0.15, -0.1) is 0 Å². The van der Waals surface area contributed by atoms with E-state index in [4.69, 9.17) is 0 Å². The molecule has 1 heterocycles. The predicted octanol–water partition coefficient (Wildman–Crippen LogP) is 2.47. The number of nitrogens with zero attached hydrogens (tertiary/aromatic N) is 1. The average Bonchev–Trinajstić information content (AvgIpc) is 2.40. The van der Waals surface area contributed by atoms with E-state index in [-0.39, 0.29) is 29.9 Å². The summed E-state index contributed by atoms with van der Waals surface area (Å²) in [5.41, 5.74) is 0. The van der Waals surface area contributed by atoms with Gasteiger partial charge >= 0.3 is 0 Å². The van der Waals surface area contributed by atoms with E-state index in [0.29, 0.717) is 0 Å². The zero-order valence-corrected chi connectivity index (χ0v) is 12.7. The molecule has 4 heteroatoms. The van der Waals surface area contributed by atoms with Crippen LogP contribution in [0.2, 0.25) is 0 Å². The molecule has 1 aliphatic heterocycles. The number of carbonyl (C=O) groups is 2. The van der Waals surface area contributed by atoms with Crippen LogP contribution < -0.4 is 5.32 Å². The van der Waals surface area contributed by atoms with E-state index in [2.05, 4.69) is 26.1 Å². The lowest BCUT2D eigenvalue weighted by Crippen LogP contribution is -2.65. The maximum atomic E-state index is 12.6. The lowest BCUT2D eigenvalue weighted by Gasteiger charge is -2.43. The molecule has 2 atom stereocenters. The van der Waals surface area contributed by atoms with E-state index in [0.717, 1.165) is 38.5 Å². The van der Waals surface area contributed by atoms with Crippen LogP contribution in [0, 0.1) is 0 Å². The zero-order valence-electron chi connectivity index (χ0n) is 12.7. The number of carbonyl (C=O) groups excluding carboxylic acids is 2. The molecule has 2 amide bonds. The molecule has 0 saturated carbocycles. The van der Waals surface area contributed by atoms with Crippen molar-refractivity contribution in [3.63, 3.8) is 0 Å². The highest BCUT2D eigenvalue weighted by Gasteiger charge is 2.41. The van der Waals surface area contributed by atoms with Crippen molar-refractivity contribution in [3.8, 4) is 0 Å². The Kier molecular flexibility index (Phi) is 6.32. The first kappa shape index (κ1) is 16.0. The van der Waals surface area contributed by atoms with E-state index >= 15 is 0 Å². The van der Waals surface area contributed by atoms with Gasteiger partial charge in [0.15, 0.2) is 0 Å². The summed E-state index contributed by atoms with van der Waals surface area (Å²) in [5, 5.41) is 2.90. The van der Waals surface area contributed by atoms with Crippen LogP contribution >= 0.6 is 0 Å². The summed E-state index contributed by atoms with van der Waals surface area (Å²) in [7, 11) is 0. The van der Waals surface area contributed by atoms with Crippen molar-refractivity contribution < 1.29 is 9.59 Å². The molecule has 0 aromatic heterocycles. The molecule has 19 heavy (non-hydrogen) atoms. The first-order chi connectivity index (χ1) is 9.10. The van der Waals surface area contributed by atoms with Crippen molar-refractivity contribution in [2.45, 2.75) is 84.3 Å². The molecular weight excluding hydrogens is 240 g/mol. The van der Waals surface area contributed by atoms with Gasteiger partial charge in [-0.1, -0.05) is 40.5 Å². The molecule has 0 spiro atoms. The maximum Gasteiger partial charge on any atom is 0.246 e. The molecule has 1 fully saturated rings. The van der Waals surface area contributed by atoms with E-state index < -0.39 is 0 Å². The largest absolute Gasteiger partial charge is 0.343 e. The number of hydrogen-bond donors (Lipinski definition) is 1. The molecule has 2 unspecified atom stereocenters. The van der Waals surface area contributed by atoms with Gasteiger partial charge < -0.3 is 10.2 Å². The Morgan fingerprint density at radius 2 is 1.63 bits per heavy atom. The van der Waals surface area contributed by atoms with Crippen LogP contribution in [0.5, 0.6) is 0 Å². The fraction of sp³-hybridized carbons (Fsp3) is 0.867. The highest BCUT2D eigenvalue weighted by atomic mass is 16.2. The van der Waals surface area contributed by atoms with Gasteiger partial charge in [-0.3, -0.25) is 9.59 Å². The predicted molar refractivity (Wildman–Crippen MR) is 76.8 cm³/mol. The van der Waals surface area contributed by atoms with Crippen LogP contribution in [0.15, 0.2) is 0 Å². The molecule has 1 rings (SSSR count). The Bertz CT molecular complexity index is 313. The Hall–Kier alpha value is -1.06. The number of amides is 2. The van der Waals surface area contributed by atoms with Gasteiger partial charge in [-0.05, 0) is 25.7 Å². The molecule has 0 bridgehead atoms. The molecule has 1 aliphatic rings. The number of nitrogens with one attached hydrogen (secondary N) is 1. The molecule has 110 valence electrons. The Morgan fingerprint density at radius 3 is 2.11 bits per heavy atom. The van der Waals surface area contributed by atoms with Gasteiger partial charge in [0.05, 0.1) is 0 Å². The Morgan fingerprint density at radius 1 is 1.05 bits per heavy atom. The van der Waals surface area contributed by atoms with Crippen LogP contribution in [0.4, 0.5) is 0 Å². The van der Waals surface area contributed by atoms with Gasteiger partial charge in [0.1, 0.15) is 12.1 Å². The normalized spacial score (nSPS) is 23.9. The number of rotatable bonds is 7. The van der Waals surface area contributed by atoms with E-state index in [9.17, 15) is 9.59 Å². The molecular formula is C15H28N2O2. The standard InChI is InChI=1S/C15H28N2O2/c1-5-9-12-15(19)17(11(7-3)8-4)13(10-6-2)14(18)16-12/h11-13H,5-10H2,1-4H3,(H,16,18). The fourth-order valence-electron chi connectivity index (χ4n) is 2.93. The van der Waals surface area contributed by atoms with Crippen LogP contribution in [0.3, 0.4) is 0 Å². The van der Waals surface area contributed by atoms with Crippen LogP contribution in [-0.2, 0) is 9.59 Å². The van der Waals surface area contributed by atoms with Crippen LogP contribution in [0.1, 0.15) is 66.2 Å². The third kappa shape index (κ3) is 3.48. The number of piperazine rings is 1. The van der Waals surface area contributed by atoms with Crippen molar-refractivity contribution in [2.75, 3.05) is 0 Å². The van der Waals surface area contributed by atoms with Crippen LogP contribution in [-0.4, -0.2) is 34.8 Å². The second-order valence-electron chi connectivity index (χ2n) is 5.37. The molecule has 0 aromatic carbocycles. The van der Waals surface area contributed by atoms with E-state index in [1.165, 1.54) is 0 Å². The lowest BCUT2D eigenvalue weighted by atomic mass is 9.96. The summed E-state index contributed by atoms with van der Waals surface area (Å²) in [5.74, 6) is 0.153. The average molecular weight is 268 g/mol. The SMILES string of the molecule is CCCC1NC(=O)C(CCC)N(C(CC)CC)C1=O. The summed E-state index contributed by atoms with van der Waals surface area (Å²) < 4.78 is 0. The smallest absolute Gasteiger partial charge is 0.246 e. The first-order valence-corrected chi connectivity index (χ1v) is 7.73. The molecule has 0 aromatic rings. The van der Waals surface area contributed by atoms with Crippen molar-refractivity contribution in [1.82, 2.24) is 10.2 Å². The highest BCUT2D eigenvalue weighted by molar-refractivity contribution is 5.97. The van der Waals surface area contributed by atoms with Gasteiger partial charge in [0.2, 0.25) is 11.8 Å². The molecule has 4 nitrogen and oxygen atoms in total. The Balaban J connectivity index is 2.98. The summed E-state index contributed by atoms with van der Waals surface area (Å²) in [6, 6.07) is -0.392. The third-order valence-electron chi connectivity index (χ3n) is 3.98. The minimum absolute atomic E-state index is 0.0341. The molecule has 0 radical (unpaired) electrons. The van der Waals surface area contributed by atoms with Gasteiger partial charge in [-0.2, -0.15) is 0 Å². The second kappa shape index (κ2) is 7.51. The van der Waals surface area contributed by atoms with E-state index in [1.807, 2.05) is 11.8 Å². The molecule has 0 aliphatic carbocycles. The highest BCUT2D eigenvalue weighted by Crippen LogP contribution is 2.22. The maximum absolute atomic E-state index is 12.6. The molecule has 1 N–H and O–H groups in total. The van der Waals surface area contributed by atoms with Crippen molar-refractivity contribution in [2.24, 2.45) is 0 Å². The zero-order chi connectivity index (χ0) is 14.4. The molecule has 1 saturated heterocycles. The summed E-state index contributed by atoms with van der Waals surface area (Å²) >= 11 is 0. The summed E-state index contributed by atoms with van der Waals surface area (Å²) in [6.07, 6.45) is 5.14. The monoisotopic (exact) mass is 268 g/mol. The van der Waals surface area contributed by atoms with Crippen molar-refractivity contribution in [1.29, 1.82) is 0 Å². The topological polar surface area (TPSA) is 49.4 Å². The minimum atomic E-state index is -0.314. The van der Waals surface area contributed by atoms with Gasteiger partial charge in [0, 0.05) is 6.04 Å². The lowest BCUT2D eigenvalue weighted by molar-refractivity contribution is -0.153. The van der Waals surface area contributed by atoms with E-state index in [1.54, 1.807) is 0 Å². The quantitative estimate of drug-likeness (QED) is 0.771. The second-order valence-corrected chi connectivity index (χ2v) is 5.37. The minimum Gasteiger partial charge on any atom is -0.343 e.